The molecule has 3 saturated carbocycles. The average Bonchev–Trinajstić information content (AvgIpc) is 3.09. The van der Waals surface area contributed by atoms with E-state index in [9.17, 15) is 0 Å². The maximum Gasteiger partial charge on any atom is 0.213 e. The predicted molar refractivity (Wildman–Crippen MR) is 131 cm³/mol. The molecule has 4 fully saturated rings. The molecule has 2 bridgehead atoms. The van der Waals surface area contributed by atoms with Gasteiger partial charge in [-0.25, -0.2) is 4.98 Å². The van der Waals surface area contributed by atoms with Crippen LogP contribution in [0.5, 0.6) is 5.88 Å². The Hall–Kier alpha value is -2.37. The van der Waals surface area contributed by atoms with Crippen molar-refractivity contribution in [3.8, 4) is 5.88 Å². The molecule has 1 saturated heterocycles. The number of ether oxygens (including phenoxy) is 1. The number of hydrogen-bond donors (Lipinski definition) is 1. The summed E-state index contributed by atoms with van der Waals surface area (Å²) in [5, 5.41) is 1.39. The molecule has 3 aromatic rings. The summed E-state index contributed by atoms with van der Waals surface area (Å²) in [6.45, 7) is 7.87. The molecular weight excluding hydrogens is 408 g/mol. The van der Waals surface area contributed by atoms with Gasteiger partial charge in [0.2, 0.25) is 5.88 Å². The Morgan fingerprint density at radius 2 is 1.94 bits per heavy atom. The number of H-pyrrole nitrogens is 1. The molecule has 8 rings (SSSR count). The molecule has 1 N–H and O–H groups in total. The van der Waals surface area contributed by atoms with Gasteiger partial charge in [0.1, 0.15) is 6.10 Å². The van der Waals surface area contributed by atoms with Crippen molar-refractivity contribution in [1.29, 1.82) is 0 Å². The highest BCUT2D eigenvalue weighted by Crippen LogP contribution is 2.64. The van der Waals surface area contributed by atoms with Gasteiger partial charge in [-0.2, -0.15) is 0 Å². The molecule has 172 valence electrons. The minimum atomic E-state index is 0.239. The Morgan fingerprint density at radius 3 is 2.64 bits per heavy atom. The van der Waals surface area contributed by atoms with E-state index in [0.717, 1.165) is 37.9 Å². The van der Waals surface area contributed by atoms with Crippen LogP contribution in [0.4, 0.5) is 0 Å². The number of aromatic amines is 1. The van der Waals surface area contributed by atoms with Gasteiger partial charge in [0.25, 0.3) is 0 Å². The standard InChI is InChI=1S/C28H34N4O/c1-3-10-31-16-21(17-31)33-25-9-8-20(15-29-25)27-26-23(22-6-4-5-7-24(22)30-26)11-18(2)32(27)28-12-19(13-28)14-28/h4-9,15,18-19,21,27,30H,3,10-14,16-17H2,1-2H3/t18-,19?,27-,28?/m1/s1. The van der Waals surface area contributed by atoms with Crippen LogP contribution >= 0.6 is 0 Å². The van der Waals surface area contributed by atoms with Crippen LogP contribution in [-0.2, 0) is 6.42 Å². The Labute approximate surface area is 196 Å². The van der Waals surface area contributed by atoms with Gasteiger partial charge in [-0.1, -0.05) is 31.2 Å². The first-order valence-electron chi connectivity index (χ1n) is 12.9. The maximum absolute atomic E-state index is 6.17. The van der Waals surface area contributed by atoms with E-state index in [1.54, 1.807) is 0 Å². The Bertz CT molecular complexity index is 1160. The van der Waals surface area contributed by atoms with Crippen molar-refractivity contribution >= 4 is 10.9 Å². The first-order chi connectivity index (χ1) is 16.1. The molecule has 2 aromatic heterocycles. The number of aromatic nitrogens is 2. The van der Waals surface area contributed by atoms with Crippen LogP contribution in [0, 0.1) is 5.92 Å². The van der Waals surface area contributed by atoms with Gasteiger partial charge in [0.15, 0.2) is 0 Å². The van der Waals surface area contributed by atoms with Crippen LogP contribution in [0.2, 0.25) is 0 Å². The Kier molecular flexibility index (Phi) is 4.44. The molecule has 3 aliphatic carbocycles. The maximum atomic E-state index is 6.17. The van der Waals surface area contributed by atoms with Gasteiger partial charge in [0, 0.05) is 53.5 Å². The number of benzene rings is 1. The lowest BCUT2D eigenvalue weighted by Crippen LogP contribution is -2.71. The largest absolute Gasteiger partial charge is 0.472 e. The van der Waals surface area contributed by atoms with Crippen LogP contribution in [0.3, 0.4) is 0 Å². The van der Waals surface area contributed by atoms with Crippen LogP contribution in [-0.4, -0.2) is 57.1 Å². The van der Waals surface area contributed by atoms with Gasteiger partial charge in [-0.05, 0) is 68.7 Å². The molecule has 5 aliphatic rings. The number of pyridine rings is 1. The van der Waals surface area contributed by atoms with Gasteiger partial charge < -0.3 is 9.72 Å². The quantitative estimate of drug-likeness (QED) is 0.588. The first-order valence-corrected chi connectivity index (χ1v) is 12.9. The summed E-state index contributed by atoms with van der Waals surface area (Å²) in [6.07, 6.45) is 8.78. The third-order valence-electron chi connectivity index (χ3n) is 8.75. The molecule has 1 aromatic carbocycles. The zero-order valence-corrected chi connectivity index (χ0v) is 19.8. The molecule has 0 radical (unpaired) electrons. The highest BCUT2D eigenvalue weighted by molar-refractivity contribution is 5.85. The lowest BCUT2D eigenvalue weighted by Gasteiger charge is -2.70. The lowest BCUT2D eigenvalue weighted by molar-refractivity contribution is -0.174. The molecule has 0 spiro atoms. The van der Waals surface area contributed by atoms with Crippen LogP contribution in [0.15, 0.2) is 42.6 Å². The van der Waals surface area contributed by atoms with Crippen LogP contribution in [0.1, 0.15) is 62.4 Å². The van der Waals surface area contributed by atoms with Crippen molar-refractivity contribution < 1.29 is 4.74 Å². The summed E-state index contributed by atoms with van der Waals surface area (Å²) in [5.41, 5.74) is 5.81. The van der Waals surface area contributed by atoms with E-state index in [-0.39, 0.29) is 12.1 Å². The van der Waals surface area contributed by atoms with E-state index in [1.807, 2.05) is 0 Å². The molecule has 0 amide bonds. The minimum Gasteiger partial charge on any atom is -0.472 e. The summed E-state index contributed by atoms with van der Waals surface area (Å²) in [6, 6.07) is 13.9. The average molecular weight is 443 g/mol. The highest BCUT2D eigenvalue weighted by Gasteiger charge is 2.63. The Balaban J connectivity index is 1.22. The van der Waals surface area contributed by atoms with Crippen molar-refractivity contribution in [3.63, 3.8) is 0 Å². The first kappa shape index (κ1) is 20.0. The zero-order chi connectivity index (χ0) is 22.2. The summed E-state index contributed by atoms with van der Waals surface area (Å²) in [4.78, 5) is 13.9. The minimum absolute atomic E-state index is 0.239. The fraction of sp³-hybridized carbons (Fsp3) is 0.536. The summed E-state index contributed by atoms with van der Waals surface area (Å²) < 4.78 is 6.17. The monoisotopic (exact) mass is 442 g/mol. The zero-order valence-electron chi connectivity index (χ0n) is 19.8. The second kappa shape index (κ2) is 7.31. The van der Waals surface area contributed by atoms with Crippen molar-refractivity contribution in [2.75, 3.05) is 19.6 Å². The van der Waals surface area contributed by atoms with E-state index in [1.165, 1.54) is 53.4 Å². The lowest BCUT2D eigenvalue weighted by atomic mass is 9.48. The molecule has 2 aliphatic heterocycles. The molecule has 4 heterocycles. The van der Waals surface area contributed by atoms with Crippen molar-refractivity contribution in [2.45, 2.75) is 69.7 Å². The number of nitrogens with zero attached hydrogens (tertiary/aromatic N) is 3. The van der Waals surface area contributed by atoms with Crippen LogP contribution in [0.25, 0.3) is 10.9 Å². The molecule has 2 atom stereocenters. The van der Waals surface area contributed by atoms with Gasteiger partial charge in [-0.3, -0.25) is 9.80 Å². The SMILES string of the molecule is CCCN1CC(Oc2ccc([C@@H]3c4[nH]c5ccccc5c4C[C@@H](C)N3C34CC(C3)C4)cn2)C1. The third kappa shape index (κ3) is 3.01. The highest BCUT2D eigenvalue weighted by atomic mass is 16.5. The summed E-state index contributed by atoms with van der Waals surface area (Å²) in [7, 11) is 0. The number of likely N-dealkylation sites (tertiary alicyclic amines) is 1. The molecular formula is C28H34N4O. The smallest absolute Gasteiger partial charge is 0.213 e. The normalized spacial score (nSPS) is 31.5. The van der Waals surface area contributed by atoms with Gasteiger partial charge >= 0.3 is 0 Å². The second-order valence-electron chi connectivity index (χ2n) is 11.1. The van der Waals surface area contributed by atoms with Crippen molar-refractivity contribution in [1.82, 2.24) is 19.8 Å². The van der Waals surface area contributed by atoms with E-state index in [4.69, 9.17) is 9.72 Å². The number of hydrogen-bond acceptors (Lipinski definition) is 4. The third-order valence-corrected chi connectivity index (χ3v) is 8.75. The molecule has 33 heavy (non-hydrogen) atoms. The van der Waals surface area contributed by atoms with Crippen molar-refractivity contribution in [3.05, 3.63) is 59.4 Å². The summed E-state index contributed by atoms with van der Waals surface area (Å²) >= 11 is 0. The fourth-order valence-corrected chi connectivity index (χ4v) is 7.17. The van der Waals surface area contributed by atoms with Gasteiger partial charge in [0.05, 0.1) is 6.04 Å². The summed E-state index contributed by atoms with van der Waals surface area (Å²) in [5.74, 6) is 1.73. The number of nitrogens with one attached hydrogen (secondary N) is 1. The molecule has 5 nitrogen and oxygen atoms in total. The van der Waals surface area contributed by atoms with E-state index < -0.39 is 0 Å². The van der Waals surface area contributed by atoms with E-state index in [0.29, 0.717) is 11.6 Å². The van der Waals surface area contributed by atoms with Crippen LogP contribution < -0.4 is 4.74 Å². The fourth-order valence-electron chi connectivity index (χ4n) is 7.17. The number of rotatable bonds is 6. The second-order valence-corrected chi connectivity index (χ2v) is 11.1. The van der Waals surface area contributed by atoms with Crippen molar-refractivity contribution in [2.24, 2.45) is 5.92 Å². The van der Waals surface area contributed by atoms with Gasteiger partial charge in [-0.15, -0.1) is 0 Å². The molecule has 0 unspecified atom stereocenters. The van der Waals surface area contributed by atoms with E-state index in [2.05, 4.69) is 71.2 Å². The number of para-hydroxylation sites is 1. The molecule has 5 heteroatoms. The topological polar surface area (TPSA) is 44.4 Å². The Morgan fingerprint density at radius 1 is 1.12 bits per heavy atom. The predicted octanol–water partition coefficient (Wildman–Crippen LogP) is 4.92. The number of fused-ring (bicyclic) bond motifs is 3. The van der Waals surface area contributed by atoms with E-state index >= 15 is 0 Å².